The van der Waals surface area contributed by atoms with Gasteiger partial charge in [-0.05, 0) is 56.3 Å². The van der Waals surface area contributed by atoms with Crippen LogP contribution in [0.1, 0.15) is 36.1 Å². The minimum atomic E-state index is -0.737. The van der Waals surface area contributed by atoms with Crippen LogP contribution in [0.3, 0.4) is 0 Å². The van der Waals surface area contributed by atoms with Gasteiger partial charge in [-0.25, -0.2) is 23.1 Å². The molecule has 2 atom stereocenters. The molecule has 2 unspecified atom stereocenters. The lowest BCUT2D eigenvalue weighted by Gasteiger charge is -2.37. The number of piperazine rings is 1. The highest BCUT2D eigenvalue weighted by atomic mass is 35.5. The van der Waals surface area contributed by atoms with Crippen molar-refractivity contribution in [3.05, 3.63) is 106 Å². The monoisotopic (exact) mass is 589 g/mol. The summed E-state index contributed by atoms with van der Waals surface area (Å²) in [4.78, 5) is 15.5. The summed E-state index contributed by atoms with van der Waals surface area (Å²) in [5.41, 5.74) is 2.66. The predicted molar refractivity (Wildman–Crippen MR) is 158 cm³/mol. The molecule has 0 bridgehead atoms. The number of nitrogens with zero attached hydrogens (tertiary/aromatic N) is 4. The number of aromatic nitrogens is 2. The Labute approximate surface area is 246 Å². The van der Waals surface area contributed by atoms with Gasteiger partial charge in [-0.15, -0.1) is 0 Å². The molecule has 0 spiro atoms. The third-order valence-corrected chi connectivity index (χ3v) is 7.55. The van der Waals surface area contributed by atoms with Crippen molar-refractivity contribution in [1.29, 1.82) is 5.41 Å². The number of amidine groups is 1. The summed E-state index contributed by atoms with van der Waals surface area (Å²) in [6, 6.07) is 13.6. The minimum absolute atomic E-state index is 0.0830. The molecule has 3 N–H and O–H groups in total. The standard InChI is InChI=1S/C31H27ClF3N7/c1-16-14-42(15-17(2)39-16)30(36)22-9-7-20(11-26(22)35)40-31-38-13-18-12-37-29(27-24(33)4-3-5-25(27)34)23-10-19(32)6-8-21(23)28(18)41-31/h3-11,13,16-17,36,39H,12,14-15H2,1-2H3,(H,38,40,41). The lowest BCUT2D eigenvalue weighted by Crippen LogP contribution is -2.55. The maximum atomic E-state index is 15.2. The fourth-order valence-electron chi connectivity index (χ4n) is 5.52. The molecule has 0 aliphatic carbocycles. The Hall–Kier alpha value is -4.28. The van der Waals surface area contributed by atoms with Gasteiger partial charge in [-0.2, -0.15) is 0 Å². The molecule has 11 heteroatoms. The maximum Gasteiger partial charge on any atom is 0.227 e. The van der Waals surface area contributed by atoms with Gasteiger partial charge < -0.3 is 15.5 Å². The smallest absolute Gasteiger partial charge is 0.227 e. The van der Waals surface area contributed by atoms with Crippen LogP contribution in [0.15, 0.2) is 65.8 Å². The molecule has 214 valence electrons. The second-order valence-electron chi connectivity index (χ2n) is 10.6. The van der Waals surface area contributed by atoms with E-state index in [0.29, 0.717) is 46.2 Å². The van der Waals surface area contributed by atoms with Gasteiger partial charge in [0, 0.05) is 58.8 Å². The average Bonchev–Trinajstić information content (AvgIpc) is 3.09. The second-order valence-corrected chi connectivity index (χ2v) is 11.0. The van der Waals surface area contributed by atoms with Crippen LogP contribution in [0.4, 0.5) is 24.8 Å². The quantitative estimate of drug-likeness (QED) is 0.192. The third-order valence-electron chi connectivity index (χ3n) is 7.32. The highest BCUT2D eigenvalue weighted by Crippen LogP contribution is 2.35. The van der Waals surface area contributed by atoms with E-state index in [1.54, 1.807) is 36.5 Å². The molecule has 2 aliphatic heterocycles. The zero-order valence-corrected chi connectivity index (χ0v) is 23.6. The average molecular weight is 590 g/mol. The van der Waals surface area contributed by atoms with E-state index < -0.39 is 17.5 Å². The van der Waals surface area contributed by atoms with E-state index in [1.165, 1.54) is 24.3 Å². The lowest BCUT2D eigenvalue weighted by molar-refractivity contribution is 0.254. The van der Waals surface area contributed by atoms with Gasteiger partial charge in [0.15, 0.2) is 0 Å². The SMILES string of the molecule is CC1CN(C(=N)c2ccc(Nc3ncc4c(n3)-c3ccc(Cl)cc3C(c3c(F)cccc3F)=NC4)cc2F)CC(C)N1. The largest absolute Gasteiger partial charge is 0.353 e. The fourth-order valence-corrected chi connectivity index (χ4v) is 5.69. The predicted octanol–water partition coefficient (Wildman–Crippen LogP) is 6.32. The molecule has 3 heterocycles. The molecule has 1 fully saturated rings. The Morgan fingerprint density at radius 3 is 2.43 bits per heavy atom. The number of fused-ring (bicyclic) bond motifs is 3. The molecule has 0 amide bonds. The summed E-state index contributed by atoms with van der Waals surface area (Å²) in [5.74, 6) is -1.68. The van der Waals surface area contributed by atoms with Gasteiger partial charge in [0.05, 0.1) is 29.1 Å². The van der Waals surface area contributed by atoms with Crippen molar-refractivity contribution in [1.82, 2.24) is 20.2 Å². The first kappa shape index (κ1) is 27.9. The number of aliphatic imine (C=N–C) groups is 1. The Kier molecular flexibility index (Phi) is 7.42. The lowest BCUT2D eigenvalue weighted by atomic mass is 9.95. The Morgan fingerprint density at radius 1 is 0.976 bits per heavy atom. The Bertz CT molecular complexity index is 1710. The third kappa shape index (κ3) is 5.35. The first-order valence-electron chi connectivity index (χ1n) is 13.5. The number of halogens is 4. The van der Waals surface area contributed by atoms with E-state index >= 15 is 4.39 Å². The number of benzene rings is 3. The molecular formula is C31H27ClF3N7. The van der Waals surface area contributed by atoms with Gasteiger partial charge in [-0.1, -0.05) is 23.7 Å². The van der Waals surface area contributed by atoms with E-state index in [9.17, 15) is 8.78 Å². The number of nitrogens with one attached hydrogen (secondary N) is 3. The van der Waals surface area contributed by atoms with Crippen LogP contribution in [0.2, 0.25) is 5.02 Å². The van der Waals surface area contributed by atoms with E-state index in [0.717, 1.165) is 0 Å². The van der Waals surface area contributed by atoms with Crippen molar-refractivity contribution in [3.8, 4) is 11.3 Å². The molecule has 1 saturated heterocycles. The summed E-state index contributed by atoms with van der Waals surface area (Å²) < 4.78 is 44.8. The Balaban J connectivity index is 1.31. The number of hydrogen-bond acceptors (Lipinski definition) is 6. The van der Waals surface area contributed by atoms with Crippen LogP contribution < -0.4 is 10.6 Å². The highest BCUT2D eigenvalue weighted by molar-refractivity contribution is 6.31. The van der Waals surface area contributed by atoms with Crippen molar-refractivity contribution < 1.29 is 13.2 Å². The van der Waals surface area contributed by atoms with Crippen LogP contribution in [0.25, 0.3) is 11.3 Å². The summed E-state index contributed by atoms with van der Waals surface area (Å²) in [6.45, 7) is 5.40. The molecule has 7 nitrogen and oxygen atoms in total. The van der Waals surface area contributed by atoms with Gasteiger partial charge in [-0.3, -0.25) is 10.4 Å². The van der Waals surface area contributed by atoms with Crippen molar-refractivity contribution in [2.24, 2.45) is 4.99 Å². The topological polar surface area (TPSA) is 89.3 Å². The normalized spacial score (nSPS) is 18.0. The highest BCUT2D eigenvalue weighted by Gasteiger charge is 2.27. The van der Waals surface area contributed by atoms with Gasteiger partial charge in [0.2, 0.25) is 5.95 Å². The minimum Gasteiger partial charge on any atom is -0.353 e. The van der Waals surface area contributed by atoms with Crippen LogP contribution in [-0.2, 0) is 6.54 Å². The molecule has 4 aromatic rings. The molecule has 42 heavy (non-hydrogen) atoms. The zero-order valence-electron chi connectivity index (χ0n) is 22.9. The zero-order chi connectivity index (χ0) is 29.5. The molecule has 0 radical (unpaired) electrons. The van der Waals surface area contributed by atoms with E-state index in [-0.39, 0.29) is 47.3 Å². The summed E-state index contributed by atoms with van der Waals surface area (Å²) >= 11 is 6.30. The van der Waals surface area contributed by atoms with Crippen LogP contribution >= 0.6 is 11.6 Å². The molecule has 2 aliphatic rings. The number of hydrogen-bond donors (Lipinski definition) is 3. The summed E-state index contributed by atoms with van der Waals surface area (Å²) in [7, 11) is 0. The first-order valence-corrected chi connectivity index (χ1v) is 13.9. The maximum absolute atomic E-state index is 15.2. The molecule has 3 aromatic carbocycles. The number of anilines is 2. The van der Waals surface area contributed by atoms with Crippen LogP contribution in [0.5, 0.6) is 0 Å². The van der Waals surface area contributed by atoms with Gasteiger partial charge in [0.1, 0.15) is 23.3 Å². The first-order chi connectivity index (χ1) is 20.2. The number of rotatable bonds is 4. The van der Waals surface area contributed by atoms with E-state index in [1.807, 2.05) is 18.7 Å². The molecular weight excluding hydrogens is 563 g/mol. The Morgan fingerprint density at radius 2 is 1.71 bits per heavy atom. The molecule has 6 rings (SSSR count). The van der Waals surface area contributed by atoms with Crippen molar-refractivity contribution in [2.75, 3.05) is 18.4 Å². The molecule has 0 saturated carbocycles. The summed E-state index contributed by atoms with van der Waals surface area (Å²) in [5, 5.41) is 15.4. The van der Waals surface area contributed by atoms with Gasteiger partial charge >= 0.3 is 0 Å². The second kappa shape index (κ2) is 11.2. The van der Waals surface area contributed by atoms with Gasteiger partial charge in [0.25, 0.3) is 0 Å². The van der Waals surface area contributed by atoms with E-state index in [4.69, 9.17) is 17.0 Å². The van der Waals surface area contributed by atoms with E-state index in [2.05, 4.69) is 25.6 Å². The van der Waals surface area contributed by atoms with Crippen molar-refractivity contribution in [2.45, 2.75) is 32.5 Å². The summed E-state index contributed by atoms with van der Waals surface area (Å²) in [6.07, 6.45) is 1.58. The molecule has 1 aromatic heterocycles. The van der Waals surface area contributed by atoms with Crippen molar-refractivity contribution in [3.63, 3.8) is 0 Å². The van der Waals surface area contributed by atoms with Crippen molar-refractivity contribution >= 4 is 34.8 Å². The van der Waals surface area contributed by atoms with Crippen LogP contribution in [-0.4, -0.2) is 51.6 Å². The van der Waals surface area contributed by atoms with Crippen LogP contribution in [0, 0.1) is 22.9 Å². The fraction of sp³-hybridized carbons (Fsp3) is 0.226.